The standard InChI is InChI=1S/C13H21ClOS/c1-8-6-11(16-12(8)14)10(15)7-9(2)13(3,4)5/h6,9-10,15H,7H2,1-5H3. The molecule has 1 rings (SSSR count). The van der Waals surface area contributed by atoms with Crippen molar-refractivity contribution in [2.24, 2.45) is 11.3 Å². The molecule has 0 fully saturated rings. The summed E-state index contributed by atoms with van der Waals surface area (Å²) in [4.78, 5) is 0.985. The lowest BCUT2D eigenvalue weighted by molar-refractivity contribution is 0.113. The van der Waals surface area contributed by atoms with Crippen LogP contribution >= 0.6 is 22.9 Å². The van der Waals surface area contributed by atoms with E-state index in [1.807, 2.05) is 13.0 Å². The molecular formula is C13H21ClOS. The van der Waals surface area contributed by atoms with Crippen LogP contribution in [0.5, 0.6) is 0 Å². The number of aryl methyl sites for hydroxylation is 1. The van der Waals surface area contributed by atoms with Crippen LogP contribution in [0, 0.1) is 18.3 Å². The molecular weight excluding hydrogens is 240 g/mol. The molecule has 92 valence electrons. The Morgan fingerprint density at radius 3 is 2.38 bits per heavy atom. The van der Waals surface area contributed by atoms with Crippen molar-refractivity contribution in [3.8, 4) is 0 Å². The SMILES string of the molecule is Cc1cc(C(O)CC(C)C(C)(C)C)sc1Cl. The predicted molar refractivity (Wildman–Crippen MR) is 72.3 cm³/mol. The van der Waals surface area contributed by atoms with Crippen LogP contribution in [0.25, 0.3) is 0 Å². The maximum Gasteiger partial charge on any atom is 0.0961 e. The van der Waals surface area contributed by atoms with E-state index in [2.05, 4.69) is 27.7 Å². The minimum absolute atomic E-state index is 0.233. The fourth-order valence-corrected chi connectivity index (χ4v) is 2.67. The highest BCUT2D eigenvalue weighted by atomic mass is 35.5. The van der Waals surface area contributed by atoms with Gasteiger partial charge in [0, 0.05) is 4.88 Å². The predicted octanol–water partition coefficient (Wildman–Crippen LogP) is 4.82. The molecule has 1 aromatic rings. The topological polar surface area (TPSA) is 20.2 Å². The third-order valence-electron chi connectivity index (χ3n) is 3.26. The minimum atomic E-state index is -0.384. The Balaban J connectivity index is 2.69. The quantitative estimate of drug-likeness (QED) is 0.827. The summed E-state index contributed by atoms with van der Waals surface area (Å²) in [7, 11) is 0. The molecule has 1 heterocycles. The highest BCUT2D eigenvalue weighted by Crippen LogP contribution is 2.37. The molecule has 1 aromatic heterocycles. The van der Waals surface area contributed by atoms with Crippen molar-refractivity contribution < 1.29 is 5.11 Å². The van der Waals surface area contributed by atoms with E-state index in [4.69, 9.17) is 11.6 Å². The molecule has 2 unspecified atom stereocenters. The Morgan fingerprint density at radius 2 is 2.00 bits per heavy atom. The average Bonchev–Trinajstić information content (AvgIpc) is 2.45. The van der Waals surface area contributed by atoms with Gasteiger partial charge in [-0.15, -0.1) is 11.3 Å². The molecule has 0 amide bonds. The van der Waals surface area contributed by atoms with E-state index in [1.165, 1.54) is 11.3 Å². The molecule has 3 heteroatoms. The molecule has 0 aliphatic heterocycles. The molecule has 0 aliphatic rings. The Hall–Kier alpha value is -0.0500. The van der Waals surface area contributed by atoms with E-state index in [0.29, 0.717) is 5.92 Å². The maximum absolute atomic E-state index is 10.1. The van der Waals surface area contributed by atoms with Crippen LogP contribution in [0.15, 0.2) is 6.07 Å². The van der Waals surface area contributed by atoms with Gasteiger partial charge in [-0.2, -0.15) is 0 Å². The smallest absolute Gasteiger partial charge is 0.0961 e. The van der Waals surface area contributed by atoms with Crippen LogP contribution in [-0.4, -0.2) is 5.11 Å². The van der Waals surface area contributed by atoms with Gasteiger partial charge >= 0.3 is 0 Å². The van der Waals surface area contributed by atoms with E-state index in [1.54, 1.807) is 0 Å². The summed E-state index contributed by atoms with van der Waals surface area (Å²) in [5, 5.41) is 10.1. The van der Waals surface area contributed by atoms with Gasteiger partial charge in [0.05, 0.1) is 10.4 Å². The first-order valence-corrected chi connectivity index (χ1v) is 6.85. The number of hydrogen-bond donors (Lipinski definition) is 1. The molecule has 0 aliphatic carbocycles. The Kier molecular flexibility index (Phi) is 4.44. The minimum Gasteiger partial charge on any atom is -0.388 e. The van der Waals surface area contributed by atoms with E-state index >= 15 is 0 Å². The number of halogens is 1. The van der Waals surface area contributed by atoms with E-state index in [0.717, 1.165) is 21.2 Å². The second-order valence-electron chi connectivity index (χ2n) is 5.62. The Labute approximate surface area is 107 Å². The monoisotopic (exact) mass is 260 g/mol. The van der Waals surface area contributed by atoms with Gasteiger partial charge in [-0.1, -0.05) is 39.3 Å². The molecule has 2 atom stereocenters. The third-order valence-corrected chi connectivity index (χ3v) is 4.92. The lowest BCUT2D eigenvalue weighted by atomic mass is 9.79. The summed E-state index contributed by atoms with van der Waals surface area (Å²) < 4.78 is 0.789. The van der Waals surface area contributed by atoms with Gasteiger partial charge in [0.15, 0.2) is 0 Å². The van der Waals surface area contributed by atoms with Crippen LogP contribution in [-0.2, 0) is 0 Å². The summed E-state index contributed by atoms with van der Waals surface area (Å²) in [6, 6.07) is 1.99. The number of hydrogen-bond acceptors (Lipinski definition) is 2. The van der Waals surface area contributed by atoms with Gasteiger partial charge in [-0.3, -0.25) is 0 Å². The maximum atomic E-state index is 10.1. The van der Waals surface area contributed by atoms with Crippen molar-refractivity contribution in [1.29, 1.82) is 0 Å². The van der Waals surface area contributed by atoms with Gasteiger partial charge in [0.1, 0.15) is 0 Å². The van der Waals surface area contributed by atoms with Gasteiger partial charge in [-0.25, -0.2) is 0 Å². The van der Waals surface area contributed by atoms with Crippen molar-refractivity contribution in [3.63, 3.8) is 0 Å². The van der Waals surface area contributed by atoms with Gasteiger partial charge in [0.25, 0.3) is 0 Å². The fourth-order valence-electron chi connectivity index (χ4n) is 1.45. The highest BCUT2D eigenvalue weighted by molar-refractivity contribution is 7.16. The highest BCUT2D eigenvalue weighted by Gasteiger charge is 2.24. The number of aliphatic hydroxyl groups excluding tert-OH is 1. The van der Waals surface area contributed by atoms with E-state index in [9.17, 15) is 5.11 Å². The lowest BCUT2D eigenvalue weighted by Crippen LogP contribution is -2.19. The number of aliphatic hydroxyl groups is 1. The van der Waals surface area contributed by atoms with Crippen LogP contribution in [0.1, 0.15) is 50.7 Å². The van der Waals surface area contributed by atoms with Gasteiger partial charge in [-0.05, 0) is 36.3 Å². The van der Waals surface area contributed by atoms with Crippen LogP contribution in [0.4, 0.5) is 0 Å². The summed E-state index contributed by atoms with van der Waals surface area (Å²) in [6.07, 6.45) is 0.408. The summed E-state index contributed by atoms with van der Waals surface area (Å²) >= 11 is 7.50. The van der Waals surface area contributed by atoms with Crippen LogP contribution in [0.3, 0.4) is 0 Å². The fraction of sp³-hybridized carbons (Fsp3) is 0.692. The molecule has 0 spiro atoms. The molecule has 16 heavy (non-hydrogen) atoms. The largest absolute Gasteiger partial charge is 0.388 e. The van der Waals surface area contributed by atoms with E-state index < -0.39 is 0 Å². The normalized spacial score (nSPS) is 16.2. The van der Waals surface area contributed by atoms with Crippen molar-refractivity contribution in [2.75, 3.05) is 0 Å². The first kappa shape index (κ1) is 14.0. The molecule has 0 radical (unpaired) electrons. The zero-order valence-corrected chi connectivity index (χ0v) is 12.2. The second-order valence-corrected chi connectivity index (χ2v) is 7.31. The zero-order chi connectivity index (χ0) is 12.5. The molecule has 1 N–H and O–H groups in total. The average molecular weight is 261 g/mol. The Bertz CT molecular complexity index is 332. The first-order chi connectivity index (χ1) is 7.21. The lowest BCUT2D eigenvalue weighted by Gasteiger charge is -2.28. The molecule has 0 saturated heterocycles. The number of rotatable bonds is 3. The van der Waals surface area contributed by atoms with E-state index in [-0.39, 0.29) is 11.5 Å². The first-order valence-electron chi connectivity index (χ1n) is 5.65. The number of thiophene rings is 1. The van der Waals surface area contributed by atoms with Crippen molar-refractivity contribution in [3.05, 3.63) is 20.8 Å². The van der Waals surface area contributed by atoms with Crippen molar-refractivity contribution in [2.45, 2.75) is 47.1 Å². The molecule has 0 aromatic carbocycles. The zero-order valence-electron chi connectivity index (χ0n) is 10.7. The van der Waals surface area contributed by atoms with Crippen LogP contribution < -0.4 is 0 Å². The van der Waals surface area contributed by atoms with Gasteiger partial charge in [0.2, 0.25) is 0 Å². The molecule has 0 bridgehead atoms. The molecule has 1 nitrogen and oxygen atoms in total. The summed E-state index contributed by atoms with van der Waals surface area (Å²) in [5.41, 5.74) is 1.29. The van der Waals surface area contributed by atoms with Crippen LogP contribution in [0.2, 0.25) is 4.34 Å². The second kappa shape index (κ2) is 5.07. The summed E-state index contributed by atoms with van der Waals surface area (Å²) in [5.74, 6) is 0.476. The van der Waals surface area contributed by atoms with Crippen molar-refractivity contribution >= 4 is 22.9 Å². The van der Waals surface area contributed by atoms with Crippen molar-refractivity contribution in [1.82, 2.24) is 0 Å². The Morgan fingerprint density at radius 1 is 1.44 bits per heavy atom. The van der Waals surface area contributed by atoms with Gasteiger partial charge < -0.3 is 5.11 Å². The molecule has 0 saturated carbocycles. The summed E-state index contributed by atoms with van der Waals surface area (Å²) in [6.45, 7) is 10.8. The third kappa shape index (κ3) is 3.47.